The average molecular weight is 546 g/mol. The second-order valence-corrected chi connectivity index (χ2v) is 9.17. The number of halogens is 1. The molecule has 9 nitrogen and oxygen atoms in total. The van der Waals surface area contributed by atoms with Crippen LogP contribution in [0.15, 0.2) is 52.0 Å². The molecular formula is C25H32BrN5O4. The number of benzene rings is 2. The molecule has 2 aromatic rings. The van der Waals surface area contributed by atoms with Crippen LogP contribution in [0, 0.1) is 0 Å². The molecule has 1 saturated heterocycles. The van der Waals surface area contributed by atoms with Gasteiger partial charge in [-0.25, -0.2) is 5.43 Å². The zero-order chi connectivity index (χ0) is 25.2. The lowest BCUT2D eigenvalue weighted by Crippen LogP contribution is -2.47. The minimum atomic E-state index is -0.162. The number of nitrogens with one attached hydrogen (secondary N) is 1. The molecular weight excluding hydrogens is 514 g/mol. The number of methoxy groups -OCH3 is 1. The number of para-hydroxylation sites is 1. The number of piperazine rings is 1. The molecule has 1 heterocycles. The standard InChI is InChI=1S/C25H32BrN5O4/c1-29(2)24(33)18-35-25-21(26)15-19(16-22(25)34-3)17-27-28-23(32)9-10-30-11-13-31(14-12-30)20-7-5-4-6-8-20/h4-8,15-17H,9-14,18H2,1-3H3,(H,28,32)/b27-17+. The highest BCUT2D eigenvalue weighted by Crippen LogP contribution is 2.36. The van der Waals surface area contributed by atoms with Crippen molar-refractivity contribution in [3.05, 3.63) is 52.5 Å². The zero-order valence-corrected chi connectivity index (χ0v) is 22.0. The van der Waals surface area contributed by atoms with Gasteiger partial charge in [-0.05, 0) is 45.8 Å². The molecule has 2 amide bonds. The Kier molecular flexibility index (Phi) is 9.92. The van der Waals surface area contributed by atoms with E-state index in [0.29, 0.717) is 34.5 Å². The molecule has 0 spiro atoms. The minimum absolute atomic E-state index is 0.104. The first-order valence-corrected chi connectivity index (χ1v) is 12.2. The molecule has 0 unspecified atom stereocenters. The van der Waals surface area contributed by atoms with Gasteiger partial charge in [0.2, 0.25) is 5.91 Å². The van der Waals surface area contributed by atoms with E-state index >= 15 is 0 Å². The number of amides is 2. The first-order valence-electron chi connectivity index (χ1n) is 11.4. The van der Waals surface area contributed by atoms with E-state index in [1.165, 1.54) is 17.7 Å². The van der Waals surface area contributed by atoms with Crippen molar-refractivity contribution in [2.24, 2.45) is 5.10 Å². The van der Waals surface area contributed by atoms with Gasteiger partial charge in [0.25, 0.3) is 5.91 Å². The van der Waals surface area contributed by atoms with Crippen molar-refractivity contribution in [3.63, 3.8) is 0 Å². The largest absolute Gasteiger partial charge is 0.493 e. The van der Waals surface area contributed by atoms with Crippen molar-refractivity contribution in [1.29, 1.82) is 0 Å². The van der Waals surface area contributed by atoms with Gasteiger partial charge >= 0.3 is 0 Å². The normalized spacial score (nSPS) is 14.1. The van der Waals surface area contributed by atoms with Gasteiger partial charge in [0, 0.05) is 58.9 Å². The third kappa shape index (κ3) is 7.97. The highest BCUT2D eigenvalue weighted by atomic mass is 79.9. The Labute approximate surface area is 214 Å². The maximum atomic E-state index is 12.3. The molecule has 2 aromatic carbocycles. The van der Waals surface area contributed by atoms with Crippen molar-refractivity contribution in [3.8, 4) is 11.5 Å². The molecule has 35 heavy (non-hydrogen) atoms. The van der Waals surface area contributed by atoms with E-state index < -0.39 is 0 Å². The van der Waals surface area contributed by atoms with Gasteiger partial charge in [-0.1, -0.05) is 18.2 Å². The van der Waals surface area contributed by atoms with Crippen molar-refractivity contribution in [2.45, 2.75) is 6.42 Å². The SMILES string of the molecule is COc1cc(/C=N/NC(=O)CCN2CCN(c3ccccc3)CC2)cc(Br)c1OCC(=O)N(C)C. The van der Waals surface area contributed by atoms with Crippen LogP contribution in [0.3, 0.4) is 0 Å². The number of rotatable bonds is 10. The van der Waals surface area contributed by atoms with Gasteiger partial charge in [0.1, 0.15) is 0 Å². The average Bonchev–Trinajstić information content (AvgIpc) is 2.87. The summed E-state index contributed by atoms with van der Waals surface area (Å²) in [5.74, 6) is 0.579. The summed E-state index contributed by atoms with van der Waals surface area (Å²) in [4.78, 5) is 30.2. The van der Waals surface area contributed by atoms with E-state index in [1.807, 2.05) is 6.07 Å². The molecule has 1 fully saturated rings. The van der Waals surface area contributed by atoms with Crippen molar-refractivity contribution >= 4 is 39.6 Å². The summed E-state index contributed by atoms with van der Waals surface area (Å²) in [5, 5.41) is 4.07. The summed E-state index contributed by atoms with van der Waals surface area (Å²) in [5.41, 5.74) is 4.53. The zero-order valence-electron chi connectivity index (χ0n) is 20.4. The fraction of sp³-hybridized carbons (Fsp3) is 0.400. The highest BCUT2D eigenvalue weighted by molar-refractivity contribution is 9.10. The van der Waals surface area contributed by atoms with Gasteiger partial charge < -0.3 is 19.3 Å². The highest BCUT2D eigenvalue weighted by Gasteiger charge is 2.18. The molecule has 1 aliphatic heterocycles. The first kappa shape index (κ1) is 26.5. The third-order valence-corrected chi connectivity index (χ3v) is 6.23. The smallest absolute Gasteiger partial charge is 0.259 e. The van der Waals surface area contributed by atoms with Crippen LogP contribution in [-0.4, -0.2) is 88.4 Å². The predicted octanol–water partition coefficient (Wildman–Crippen LogP) is 2.59. The molecule has 188 valence electrons. The van der Waals surface area contributed by atoms with Crippen molar-refractivity contribution in [1.82, 2.24) is 15.2 Å². The number of hydrazone groups is 1. The quantitative estimate of drug-likeness (QED) is 0.364. The van der Waals surface area contributed by atoms with Gasteiger partial charge in [0.15, 0.2) is 18.1 Å². The predicted molar refractivity (Wildman–Crippen MR) is 140 cm³/mol. The number of anilines is 1. The van der Waals surface area contributed by atoms with Crippen LogP contribution in [0.4, 0.5) is 5.69 Å². The lowest BCUT2D eigenvalue weighted by atomic mass is 10.2. The summed E-state index contributed by atoms with van der Waals surface area (Å²) in [7, 11) is 4.85. The molecule has 10 heteroatoms. The van der Waals surface area contributed by atoms with Crippen LogP contribution in [-0.2, 0) is 9.59 Å². The molecule has 0 atom stereocenters. The summed E-state index contributed by atoms with van der Waals surface area (Å²) in [6.07, 6.45) is 1.92. The number of likely N-dealkylation sites (N-methyl/N-ethyl adjacent to an activating group) is 1. The number of nitrogens with zero attached hydrogens (tertiary/aromatic N) is 4. The third-order valence-electron chi connectivity index (χ3n) is 5.64. The van der Waals surface area contributed by atoms with Crippen LogP contribution < -0.4 is 19.8 Å². The van der Waals surface area contributed by atoms with Crippen LogP contribution in [0.1, 0.15) is 12.0 Å². The molecule has 1 aliphatic rings. The van der Waals surface area contributed by atoms with E-state index in [0.717, 1.165) is 26.2 Å². The maximum Gasteiger partial charge on any atom is 0.259 e. The van der Waals surface area contributed by atoms with Crippen molar-refractivity contribution < 1.29 is 19.1 Å². The van der Waals surface area contributed by atoms with Crippen LogP contribution in [0.2, 0.25) is 0 Å². The Bertz CT molecular complexity index is 1020. The summed E-state index contributed by atoms with van der Waals surface area (Å²) >= 11 is 3.45. The molecule has 1 N–H and O–H groups in total. The molecule has 0 bridgehead atoms. The van der Waals surface area contributed by atoms with Gasteiger partial charge in [-0.2, -0.15) is 5.10 Å². The first-order chi connectivity index (χ1) is 16.9. The van der Waals surface area contributed by atoms with Gasteiger partial charge in [0.05, 0.1) is 17.8 Å². The minimum Gasteiger partial charge on any atom is -0.493 e. The van der Waals surface area contributed by atoms with E-state index in [9.17, 15) is 9.59 Å². The lowest BCUT2D eigenvalue weighted by Gasteiger charge is -2.36. The fourth-order valence-electron chi connectivity index (χ4n) is 3.58. The molecule has 0 aliphatic carbocycles. The Morgan fingerprint density at radius 1 is 1.14 bits per heavy atom. The number of ether oxygens (including phenoxy) is 2. The molecule has 0 saturated carbocycles. The monoisotopic (exact) mass is 545 g/mol. The van der Waals surface area contributed by atoms with E-state index in [2.05, 4.69) is 60.5 Å². The van der Waals surface area contributed by atoms with Crippen molar-refractivity contribution in [2.75, 3.05) is 65.4 Å². The molecule has 0 aromatic heterocycles. The fourth-order valence-corrected chi connectivity index (χ4v) is 4.15. The van der Waals surface area contributed by atoms with Crippen LogP contribution in [0.25, 0.3) is 0 Å². The number of hydrogen-bond acceptors (Lipinski definition) is 7. The molecule has 3 rings (SSSR count). The number of carbonyl (C=O) groups excluding carboxylic acids is 2. The Morgan fingerprint density at radius 2 is 1.86 bits per heavy atom. The Morgan fingerprint density at radius 3 is 2.51 bits per heavy atom. The molecule has 0 radical (unpaired) electrons. The maximum absolute atomic E-state index is 12.3. The Balaban J connectivity index is 1.44. The Hall–Kier alpha value is -3.11. The number of carbonyl (C=O) groups is 2. The second kappa shape index (κ2) is 13.1. The summed E-state index contributed by atoms with van der Waals surface area (Å²) in [6, 6.07) is 13.9. The van der Waals surface area contributed by atoms with Crippen LogP contribution >= 0.6 is 15.9 Å². The number of hydrogen-bond donors (Lipinski definition) is 1. The van der Waals surface area contributed by atoms with E-state index in [-0.39, 0.29) is 18.4 Å². The van der Waals surface area contributed by atoms with Crippen LogP contribution in [0.5, 0.6) is 11.5 Å². The summed E-state index contributed by atoms with van der Waals surface area (Å²) in [6.45, 7) is 4.34. The summed E-state index contributed by atoms with van der Waals surface area (Å²) < 4.78 is 11.6. The topological polar surface area (TPSA) is 86.7 Å². The lowest BCUT2D eigenvalue weighted by molar-refractivity contribution is -0.130. The second-order valence-electron chi connectivity index (χ2n) is 8.32. The van der Waals surface area contributed by atoms with Gasteiger partial charge in [-0.15, -0.1) is 0 Å². The van der Waals surface area contributed by atoms with Gasteiger partial charge in [-0.3, -0.25) is 14.5 Å². The van der Waals surface area contributed by atoms with E-state index in [1.54, 1.807) is 32.4 Å². The van der Waals surface area contributed by atoms with E-state index in [4.69, 9.17) is 9.47 Å².